The first kappa shape index (κ1) is 16.2. The zero-order valence-corrected chi connectivity index (χ0v) is 14.8. The van der Waals surface area contributed by atoms with Crippen LogP contribution in [0.3, 0.4) is 0 Å². The van der Waals surface area contributed by atoms with Gasteiger partial charge in [-0.15, -0.1) is 0 Å². The molecule has 3 aliphatic heterocycles. The molecule has 4 unspecified atom stereocenters. The van der Waals surface area contributed by atoms with Crippen LogP contribution in [0.25, 0.3) is 0 Å². The van der Waals surface area contributed by atoms with Gasteiger partial charge in [-0.3, -0.25) is 4.90 Å². The van der Waals surface area contributed by atoms with Crippen molar-refractivity contribution in [2.24, 2.45) is 5.92 Å². The van der Waals surface area contributed by atoms with Gasteiger partial charge in [0.05, 0.1) is 6.04 Å². The Kier molecular flexibility index (Phi) is 4.48. The molecule has 0 aromatic rings. The minimum Gasteiger partial charge on any atom is -0.444 e. The molecule has 4 rings (SSSR count). The van der Waals surface area contributed by atoms with E-state index in [0.29, 0.717) is 11.4 Å². The Morgan fingerprint density at radius 3 is 2.59 bits per heavy atom. The summed E-state index contributed by atoms with van der Waals surface area (Å²) in [5.41, 5.74) is 0. The van der Waals surface area contributed by atoms with Crippen LogP contribution in [-0.2, 0) is 4.74 Å². The van der Waals surface area contributed by atoms with Crippen molar-refractivity contribution in [3.8, 4) is 0 Å². The highest BCUT2D eigenvalue weighted by Crippen LogP contribution is 2.59. The normalized spacial score (nSPS) is 38.9. The molecule has 2 bridgehead atoms. The fourth-order valence-corrected chi connectivity index (χ4v) is 5.26. The predicted molar refractivity (Wildman–Crippen MR) is 91.8 cm³/mol. The summed E-state index contributed by atoms with van der Waals surface area (Å²) in [7, 11) is 1.35. The minimum absolute atomic E-state index is 0.0727. The summed E-state index contributed by atoms with van der Waals surface area (Å²) in [6.45, 7) is 9.02. The molecule has 1 aliphatic carbocycles. The molecule has 0 aromatic carbocycles. The Balaban J connectivity index is 1.73. The molecule has 3 saturated heterocycles. The van der Waals surface area contributed by atoms with Gasteiger partial charge in [0.2, 0.25) is 0 Å². The summed E-state index contributed by atoms with van der Waals surface area (Å²) in [6, 6.07) is 0.573. The number of hydrogen-bond acceptors (Lipinski definition) is 2. The van der Waals surface area contributed by atoms with E-state index >= 15 is 0 Å². The first-order valence-corrected chi connectivity index (χ1v) is 9.42. The Bertz CT molecular complexity index is 417. The number of rotatable bonds is 2. The van der Waals surface area contributed by atoms with Gasteiger partial charge in [0.15, 0.2) is 0 Å². The summed E-state index contributed by atoms with van der Waals surface area (Å²) in [5, 5.41) is 0.588. The Morgan fingerprint density at radius 2 is 1.95 bits per heavy atom. The van der Waals surface area contributed by atoms with Gasteiger partial charge in [-0.1, -0.05) is 57.1 Å². The molecule has 0 radical (unpaired) electrons. The molecule has 22 heavy (non-hydrogen) atoms. The number of nitrogens with zero attached hydrogens (tertiary/aromatic N) is 1. The molecule has 4 aliphatic rings. The van der Waals surface area contributed by atoms with Crippen LogP contribution >= 0.6 is 0 Å². The van der Waals surface area contributed by atoms with Gasteiger partial charge in [0.25, 0.3) is 0 Å². The number of ether oxygens (including phenoxy) is 1. The van der Waals surface area contributed by atoms with Crippen molar-refractivity contribution in [1.82, 2.24) is 4.90 Å². The molecule has 0 N–H and O–H groups in total. The summed E-state index contributed by atoms with van der Waals surface area (Å²) < 4.78 is 5.79. The van der Waals surface area contributed by atoms with Crippen molar-refractivity contribution in [2.75, 3.05) is 0 Å². The van der Waals surface area contributed by atoms with Crippen LogP contribution in [0.2, 0.25) is 11.1 Å². The average molecular weight is 305 g/mol. The highest BCUT2D eigenvalue weighted by Gasteiger charge is 2.50. The summed E-state index contributed by atoms with van der Waals surface area (Å²) >= 11 is 0. The Morgan fingerprint density at radius 1 is 1.23 bits per heavy atom. The van der Waals surface area contributed by atoms with Gasteiger partial charge >= 0.3 is 6.09 Å². The van der Waals surface area contributed by atoms with Crippen LogP contribution in [-0.4, -0.2) is 36.5 Å². The third-order valence-corrected chi connectivity index (χ3v) is 6.66. The molecule has 0 spiro atoms. The third kappa shape index (κ3) is 2.78. The van der Waals surface area contributed by atoms with Gasteiger partial charge in [0, 0.05) is 6.04 Å². The zero-order chi connectivity index (χ0) is 15.9. The quantitative estimate of drug-likeness (QED) is 0.708. The fourth-order valence-electron chi connectivity index (χ4n) is 5.26. The SMILES string of the molecule is CC(C)N1C(=O)OC2CC3BC(C(C)C)(CCCCCC21)C3. The van der Waals surface area contributed by atoms with Gasteiger partial charge in [-0.2, -0.15) is 0 Å². The molecular formula is C18H32BNO2. The van der Waals surface area contributed by atoms with E-state index in [2.05, 4.69) is 27.7 Å². The van der Waals surface area contributed by atoms with Crippen molar-refractivity contribution in [2.45, 2.75) is 102 Å². The molecule has 1 saturated carbocycles. The molecule has 3 nitrogen and oxygen atoms in total. The van der Waals surface area contributed by atoms with Crippen molar-refractivity contribution in [3.63, 3.8) is 0 Å². The van der Waals surface area contributed by atoms with Crippen LogP contribution in [0.5, 0.6) is 0 Å². The van der Waals surface area contributed by atoms with Crippen molar-refractivity contribution >= 4 is 13.4 Å². The molecule has 4 heteroatoms. The van der Waals surface area contributed by atoms with E-state index in [0.717, 1.165) is 24.6 Å². The molecule has 3 heterocycles. The molecular weight excluding hydrogens is 273 g/mol. The minimum atomic E-state index is -0.0727. The topological polar surface area (TPSA) is 29.5 Å². The van der Waals surface area contributed by atoms with Gasteiger partial charge in [-0.25, -0.2) is 4.79 Å². The largest absolute Gasteiger partial charge is 0.444 e. The van der Waals surface area contributed by atoms with E-state index in [9.17, 15) is 4.79 Å². The van der Waals surface area contributed by atoms with Crippen LogP contribution in [0.1, 0.15) is 72.6 Å². The lowest BCUT2D eigenvalue weighted by molar-refractivity contribution is 0.117. The maximum absolute atomic E-state index is 12.2. The van der Waals surface area contributed by atoms with Crippen LogP contribution in [0.15, 0.2) is 0 Å². The van der Waals surface area contributed by atoms with Crippen molar-refractivity contribution in [3.05, 3.63) is 0 Å². The van der Waals surface area contributed by atoms with E-state index in [-0.39, 0.29) is 18.2 Å². The number of fused-ring (bicyclic) bond motifs is 4. The number of carbonyl (C=O) groups is 1. The second kappa shape index (κ2) is 6.09. The van der Waals surface area contributed by atoms with Crippen LogP contribution in [0, 0.1) is 5.92 Å². The third-order valence-electron chi connectivity index (χ3n) is 6.66. The number of amides is 1. The maximum atomic E-state index is 12.2. The van der Waals surface area contributed by atoms with E-state index in [4.69, 9.17) is 4.74 Å². The van der Waals surface area contributed by atoms with Gasteiger partial charge in [-0.05, 0) is 32.6 Å². The molecule has 124 valence electrons. The fraction of sp³-hybridized carbons (Fsp3) is 0.944. The van der Waals surface area contributed by atoms with Gasteiger partial charge < -0.3 is 4.74 Å². The van der Waals surface area contributed by atoms with Crippen molar-refractivity contribution in [1.29, 1.82) is 0 Å². The second-order valence-electron chi connectivity index (χ2n) is 8.62. The first-order chi connectivity index (χ1) is 10.4. The van der Waals surface area contributed by atoms with Gasteiger partial charge in [0.1, 0.15) is 13.4 Å². The first-order valence-electron chi connectivity index (χ1n) is 9.42. The number of carbonyl (C=O) groups excluding carboxylic acids is 1. The molecule has 4 fully saturated rings. The Labute approximate surface area is 136 Å². The molecule has 1 amide bonds. The monoisotopic (exact) mass is 305 g/mol. The second-order valence-corrected chi connectivity index (χ2v) is 8.62. The predicted octanol–water partition coefficient (Wildman–Crippen LogP) is 4.38. The van der Waals surface area contributed by atoms with E-state index < -0.39 is 0 Å². The molecule has 0 aromatic heterocycles. The van der Waals surface area contributed by atoms with E-state index in [1.807, 2.05) is 4.90 Å². The lowest BCUT2D eigenvalue weighted by Gasteiger charge is -2.51. The van der Waals surface area contributed by atoms with E-state index in [1.54, 1.807) is 0 Å². The van der Waals surface area contributed by atoms with Crippen LogP contribution in [0.4, 0.5) is 4.79 Å². The van der Waals surface area contributed by atoms with Crippen molar-refractivity contribution < 1.29 is 9.53 Å². The highest BCUT2D eigenvalue weighted by atomic mass is 16.6. The lowest BCUT2D eigenvalue weighted by atomic mass is 9.27. The summed E-state index contributed by atoms with van der Waals surface area (Å²) in [4.78, 5) is 14.3. The van der Waals surface area contributed by atoms with Crippen LogP contribution < -0.4 is 0 Å². The maximum Gasteiger partial charge on any atom is 0.410 e. The zero-order valence-electron chi connectivity index (χ0n) is 14.8. The molecule has 4 atom stereocenters. The number of hydrogen-bond donors (Lipinski definition) is 0. The highest BCUT2D eigenvalue weighted by molar-refractivity contribution is 6.46. The Hall–Kier alpha value is -0.665. The summed E-state index contributed by atoms with van der Waals surface area (Å²) in [5.74, 6) is 1.56. The smallest absolute Gasteiger partial charge is 0.410 e. The lowest BCUT2D eigenvalue weighted by Crippen LogP contribution is -2.44. The standard InChI is InChI=1S/C18H32BNO2/c1-12(2)18-9-7-5-6-8-15-16(10-14(11-18)19-18)22-17(21)20(15)13(3)4/h12-16,19H,5-11H2,1-4H3. The summed E-state index contributed by atoms with van der Waals surface area (Å²) in [6.07, 6.45) is 8.95. The van der Waals surface area contributed by atoms with E-state index in [1.165, 1.54) is 39.4 Å². The average Bonchev–Trinajstić information content (AvgIpc) is 2.66.